The standard InChI is InChI=1S/C15H20BrNO/c1-10(2)9-17(13-5-6-13)15-7-4-12(16)8-14(15)11(3)18/h4,7-8,10,13H,5-6,9H2,1-3H3. The first kappa shape index (κ1) is 13.6. The lowest BCUT2D eigenvalue weighted by molar-refractivity contribution is 0.101. The van der Waals surface area contributed by atoms with E-state index in [4.69, 9.17) is 0 Å². The first-order valence-electron chi connectivity index (χ1n) is 6.56. The Bertz CT molecular complexity index is 452. The predicted molar refractivity (Wildman–Crippen MR) is 79.4 cm³/mol. The maximum Gasteiger partial charge on any atom is 0.161 e. The molecule has 0 atom stereocenters. The number of nitrogens with zero attached hydrogens (tertiary/aromatic N) is 1. The molecular formula is C15H20BrNO. The van der Waals surface area contributed by atoms with Gasteiger partial charge >= 0.3 is 0 Å². The van der Waals surface area contributed by atoms with Gasteiger partial charge < -0.3 is 4.90 Å². The zero-order valence-electron chi connectivity index (χ0n) is 11.2. The van der Waals surface area contributed by atoms with Crippen LogP contribution in [0.3, 0.4) is 0 Å². The van der Waals surface area contributed by atoms with E-state index in [9.17, 15) is 4.79 Å². The third kappa shape index (κ3) is 3.14. The zero-order valence-corrected chi connectivity index (χ0v) is 12.8. The number of halogens is 1. The van der Waals surface area contributed by atoms with E-state index in [0.717, 1.165) is 22.3 Å². The SMILES string of the molecule is CC(=O)c1cc(Br)ccc1N(CC(C)C)C1CC1. The predicted octanol–water partition coefficient (Wildman–Crippen LogP) is 4.28. The number of rotatable bonds is 5. The van der Waals surface area contributed by atoms with Crippen LogP contribution in [0.25, 0.3) is 0 Å². The topological polar surface area (TPSA) is 20.3 Å². The van der Waals surface area contributed by atoms with Gasteiger partial charge in [-0.1, -0.05) is 29.8 Å². The molecule has 0 bridgehead atoms. The largest absolute Gasteiger partial charge is 0.368 e. The van der Waals surface area contributed by atoms with Crippen LogP contribution in [-0.2, 0) is 0 Å². The zero-order chi connectivity index (χ0) is 13.3. The summed E-state index contributed by atoms with van der Waals surface area (Å²) in [4.78, 5) is 14.2. The van der Waals surface area contributed by atoms with Crippen molar-refractivity contribution in [3.63, 3.8) is 0 Å². The number of Topliss-reactive ketones (excluding diaryl/α,β-unsaturated/α-hetero) is 1. The van der Waals surface area contributed by atoms with E-state index < -0.39 is 0 Å². The van der Waals surface area contributed by atoms with Crippen LogP contribution in [0.5, 0.6) is 0 Å². The normalized spacial score (nSPS) is 14.9. The second-order valence-electron chi connectivity index (χ2n) is 5.50. The molecule has 0 aliphatic heterocycles. The van der Waals surface area contributed by atoms with Crippen molar-refractivity contribution in [2.75, 3.05) is 11.4 Å². The van der Waals surface area contributed by atoms with Gasteiger partial charge in [0, 0.05) is 28.3 Å². The van der Waals surface area contributed by atoms with Gasteiger partial charge in [-0.3, -0.25) is 4.79 Å². The quantitative estimate of drug-likeness (QED) is 0.757. The number of benzene rings is 1. The second-order valence-corrected chi connectivity index (χ2v) is 6.41. The van der Waals surface area contributed by atoms with Crippen molar-refractivity contribution in [3.05, 3.63) is 28.2 Å². The van der Waals surface area contributed by atoms with Gasteiger partial charge in [-0.25, -0.2) is 0 Å². The molecule has 0 amide bonds. The maximum atomic E-state index is 11.8. The fourth-order valence-corrected chi connectivity index (χ4v) is 2.63. The van der Waals surface area contributed by atoms with Crippen LogP contribution < -0.4 is 4.90 Å². The summed E-state index contributed by atoms with van der Waals surface area (Å²) >= 11 is 3.45. The number of carbonyl (C=O) groups is 1. The number of hydrogen-bond donors (Lipinski definition) is 0. The lowest BCUT2D eigenvalue weighted by Gasteiger charge is -2.28. The molecule has 0 aromatic heterocycles. The molecule has 1 saturated carbocycles. The van der Waals surface area contributed by atoms with E-state index in [1.165, 1.54) is 12.8 Å². The van der Waals surface area contributed by atoms with E-state index in [1.54, 1.807) is 6.92 Å². The molecule has 1 aliphatic carbocycles. The molecule has 0 saturated heterocycles. The van der Waals surface area contributed by atoms with Gasteiger partial charge in [0.1, 0.15) is 0 Å². The van der Waals surface area contributed by atoms with Crippen molar-refractivity contribution in [1.29, 1.82) is 0 Å². The summed E-state index contributed by atoms with van der Waals surface area (Å²) in [6.45, 7) is 7.11. The van der Waals surface area contributed by atoms with Gasteiger partial charge in [0.15, 0.2) is 5.78 Å². The summed E-state index contributed by atoms with van der Waals surface area (Å²) in [5.41, 5.74) is 1.93. The minimum atomic E-state index is 0.140. The van der Waals surface area contributed by atoms with Crippen molar-refractivity contribution in [2.24, 2.45) is 5.92 Å². The second kappa shape index (κ2) is 5.43. The molecule has 18 heavy (non-hydrogen) atoms. The molecule has 0 radical (unpaired) electrons. The first-order chi connectivity index (χ1) is 8.49. The van der Waals surface area contributed by atoms with Crippen LogP contribution in [0.1, 0.15) is 44.0 Å². The van der Waals surface area contributed by atoms with E-state index in [0.29, 0.717) is 12.0 Å². The average molecular weight is 310 g/mol. The Morgan fingerprint density at radius 2 is 2.11 bits per heavy atom. The minimum Gasteiger partial charge on any atom is -0.368 e. The van der Waals surface area contributed by atoms with Crippen molar-refractivity contribution in [3.8, 4) is 0 Å². The summed E-state index contributed by atoms with van der Waals surface area (Å²) in [5, 5.41) is 0. The van der Waals surface area contributed by atoms with Gasteiger partial charge in [0.25, 0.3) is 0 Å². The number of carbonyl (C=O) groups excluding carboxylic acids is 1. The molecule has 1 aromatic rings. The van der Waals surface area contributed by atoms with E-state index in [1.807, 2.05) is 12.1 Å². The van der Waals surface area contributed by atoms with Gasteiger partial charge in [-0.15, -0.1) is 0 Å². The molecule has 1 fully saturated rings. The highest BCUT2D eigenvalue weighted by Gasteiger charge is 2.31. The fraction of sp³-hybridized carbons (Fsp3) is 0.533. The molecule has 1 aromatic carbocycles. The van der Waals surface area contributed by atoms with Crippen molar-refractivity contribution in [2.45, 2.75) is 39.7 Å². The summed E-state index contributed by atoms with van der Waals surface area (Å²) in [6.07, 6.45) is 2.50. The highest BCUT2D eigenvalue weighted by Crippen LogP contribution is 2.35. The molecule has 3 heteroatoms. The Balaban J connectivity index is 2.37. The Morgan fingerprint density at radius 1 is 1.44 bits per heavy atom. The summed E-state index contributed by atoms with van der Waals surface area (Å²) in [5.74, 6) is 0.745. The fourth-order valence-electron chi connectivity index (χ4n) is 2.26. The lowest BCUT2D eigenvalue weighted by atomic mass is 10.1. The molecule has 0 N–H and O–H groups in total. The van der Waals surface area contributed by atoms with E-state index in [2.05, 4.69) is 40.7 Å². The Hall–Kier alpha value is -0.830. The Morgan fingerprint density at radius 3 is 2.61 bits per heavy atom. The molecule has 0 heterocycles. The van der Waals surface area contributed by atoms with Crippen LogP contribution in [0.4, 0.5) is 5.69 Å². The summed E-state index contributed by atoms with van der Waals surface area (Å²) in [7, 11) is 0. The van der Waals surface area contributed by atoms with Crippen LogP contribution in [0, 0.1) is 5.92 Å². The van der Waals surface area contributed by atoms with Crippen molar-refractivity contribution < 1.29 is 4.79 Å². The first-order valence-corrected chi connectivity index (χ1v) is 7.35. The van der Waals surface area contributed by atoms with Gasteiger partial charge in [-0.05, 0) is 43.9 Å². The third-order valence-electron chi connectivity index (χ3n) is 3.20. The van der Waals surface area contributed by atoms with Gasteiger partial charge in [0.05, 0.1) is 0 Å². The minimum absolute atomic E-state index is 0.140. The lowest BCUT2D eigenvalue weighted by Crippen LogP contribution is -2.31. The van der Waals surface area contributed by atoms with Crippen LogP contribution >= 0.6 is 15.9 Å². The molecule has 0 unspecified atom stereocenters. The summed E-state index contributed by atoms with van der Waals surface area (Å²) in [6, 6.07) is 6.67. The molecule has 2 nitrogen and oxygen atoms in total. The van der Waals surface area contributed by atoms with Gasteiger partial charge in [0.2, 0.25) is 0 Å². The van der Waals surface area contributed by atoms with Crippen LogP contribution in [0.15, 0.2) is 22.7 Å². The molecule has 2 rings (SSSR count). The molecule has 98 valence electrons. The number of ketones is 1. The highest BCUT2D eigenvalue weighted by molar-refractivity contribution is 9.10. The highest BCUT2D eigenvalue weighted by atomic mass is 79.9. The number of anilines is 1. The number of hydrogen-bond acceptors (Lipinski definition) is 2. The molecular weight excluding hydrogens is 290 g/mol. The third-order valence-corrected chi connectivity index (χ3v) is 3.69. The van der Waals surface area contributed by atoms with Crippen LogP contribution in [-0.4, -0.2) is 18.4 Å². The molecule has 0 spiro atoms. The monoisotopic (exact) mass is 309 g/mol. The average Bonchev–Trinajstić information content (AvgIpc) is 3.09. The molecule has 1 aliphatic rings. The smallest absolute Gasteiger partial charge is 0.161 e. The maximum absolute atomic E-state index is 11.8. The van der Waals surface area contributed by atoms with Gasteiger partial charge in [-0.2, -0.15) is 0 Å². The summed E-state index contributed by atoms with van der Waals surface area (Å²) < 4.78 is 0.969. The van der Waals surface area contributed by atoms with E-state index >= 15 is 0 Å². The van der Waals surface area contributed by atoms with Crippen molar-refractivity contribution >= 4 is 27.4 Å². The van der Waals surface area contributed by atoms with E-state index in [-0.39, 0.29) is 5.78 Å². The van der Waals surface area contributed by atoms with Crippen molar-refractivity contribution in [1.82, 2.24) is 0 Å². The van der Waals surface area contributed by atoms with Crippen LogP contribution in [0.2, 0.25) is 0 Å². The Kier molecular flexibility index (Phi) is 4.10. The Labute approximate surface area is 117 Å².